The Morgan fingerprint density at radius 1 is 1.35 bits per heavy atom. The van der Waals surface area contributed by atoms with E-state index >= 15 is 0 Å². The van der Waals surface area contributed by atoms with Gasteiger partial charge in [0.25, 0.3) is 10.2 Å². The van der Waals surface area contributed by atoms with E-state index in [4.69, 9.17) is 5.73 Å². The van der Waals surface area contributed by atoms with Gasteiger partial charge in [0.2, 0.25) is 0 Å². The van der Waals surface area contributed by atoms with Crippen LogP contribution in [-0.2, 0) is 10.2 Å². The number of nitrogens with zero attached hydrogens (tertiary/aromatic N) is 2. The summed E-state index contributed by atoms with van der Waals surface area (Å²) in [6, 6.07) is 0. The van der Waals surface area contributed by atoms with Gasteiger partial charge in [-0.3, -0.25) is 0 Å². The minimum Gasteiger partial charge on any atom is -0.330 e. The van der Waals surface area contributed by atoms with Crippen molar-refractivity contribution in [3.63, 3.8) is 0 Å². The van der Waals surface area contributed by atoms with Gasteiger partial charge in [0.15, 0.2) is 0 Å². The van der Waals surface area contributed by atoms with Crippen molar-refractivity contribution in [3.8, 4) is 0 Å². The minimum atomic E-state index is -3.27. The first-order valence-corrected chi connectivity index (χ1v) is 7.79. The molecule has 1 saturated heterocycles. The maximum absolute atomic E-state index is 12.3. The summed E-state index contributed by atoms with van der Waals surface area (Å²) in [5.74, 6) is 0.629. The third-order valence-corrected chi connectivity index (χ3v) is 5.36. The smallest absolute Gasteiger partial charge is 0.281 e. The summed E-state index contributed by atoms with van der Waals surface area (Å²) in [5, 5.41) is 0. The second-order valence-corrected chi connectivity index (χ2v) is 6.94. The fourth-order valence-corrected chi connectivity index (χ4v) is 3.54. The largest absolute Gasteiger partial charge is 0.330 e. The zero-order valence-electron chi connectivity index (χ0n) is 10.9. The Labute approximate surface area is 105 Å². The van der Waals surface area contributed by atoms with E-state index in [1.807, 2.05) is 0 Å². The summed E-state index contributed by atoms with van der Waals surface area (Å²) in [5.41, 5.74) is 5.41. The highest BCUT2D eigenvalue weighted by Crippen LogP contribution is 2.19. The first-order chi connectivity index (χ1) is 7.98. The third kappa shape index (κ3) is 4.21. The van der Waals surface area contributed by atoms with Crippen LogP contribution in [0.5, 0.6) is 0 Å². The maximum Gasteiger partial charge on any atom is 0.281 e. The van der Waals surface area contributed by atoms with Crippen LogP contribution >= 0.6 is 0 Å². The zero-order valence-corrected chi connectivity index (χ0v) is 11.7. The molecule has 1 aliphatic rings. The molecule has 0 aromatic rings. The van der Waals surface area contributed by atoms with Crippen molar-refractivity contribution in [2.24, 2.45) is 11.7 Å². The van der Waals surface area contributed by atoms with Gasteiger partial charge in [-0.05, 0) is 38.1 Å². The predicted octanol–water partition coefficient (Wildman–Crippen LogP) is 0.634. The van der Waals surface area contributed by atoms with E-state index < -0.39 is 10.2 Å². The maximum atomic E-state index is 12.3. The molecular formula is C11H25N3O2S. The van der Waals surface area contributed by atoms with Gasteiger partial charge < -0.3 is 5.73 Å². The average molecular weight is 263 g/mol. The number of hydrogen-bond donors (Lipinski definition) is 1. The molecule has 0 radical (unpaired) electrons. The van der Waals surface area contributed by atoms with Gasteiger partial charge in [0.05, 0.1) is 0 Å². The van der Waals surface area contributed by atoms with Crippen LogP contribution < -0.4 is 5.73 Å². The van der Waals surface area contributed by atoms with Gasteiger partial charge in [-0.1, -0.05) is 6.92 Å². The second kappa shape index (κ2) is 6.68. The molecule has 1 unspecified atom stereocenters. The Hall–Kier alpha value is -0.170. The summed E-state index contributed by atoms with van der Waals surface area (Å²) in [6.45, 7) is 4.52. The van der Waals surface area contributed by atoms with Crippen molar-refractivity contribution >= 4 is 10.2 Å². The van der Waals surface area contributed by atoms with E-state index in [0.717, 1.165) is 19.3 Å². The Kier molecular flexibility index (Phi) is 5.85. The van der Waals surface area contributed by atoms with Crippen molar-refractivity contribution in [2.45, 2.75) is 32.6 Å². The van der Waals surface area contributed by atoms with Crippen LogP contribution in [0.1, 0.15) is 32.6 Å². The highest BCUT2D eigenvalue weighted by molar-refractivity contribution is 7.86. The van der Waals surface area contributed by atoms with Gasteiger partial charge in [0.1, 0.15) is 0 Å². The predicted molar refractivity (Wildman–Crippen MR) is 69.8 cm³/mol. The highest BCUT2D eigenvalue weighted by atomic mass is 32.2. The molecule has 102 valence electrons. The Balaban J connectivity index is 2.62. The molecule has 1 aliphatic heterocycles. The fraction of sp³-hybridized carbons (Fsp3) is 1.00. The van der Waals surface area contributed by atoms with Crippen LogP contribution in [0, 0.1) is 5.92 Å². The van der Waals surface area contributed by atoms with E-state index in [-0.39, 0.29) is 0 Å². The van der Waals surface area contributed by atoms with Crippen LogP contribution in [-0.4, -0.2) is 50.3 Å². The molecule has 6 heteroatoms. The molecule has 1 rings (SSSR count). The highest BCUT2D eigenvalue weighted by Gasteiger charge is 2.28. The monoisotopic (exact) mass is 263 g/mol. The van der Waals surface area contributed by atoms with Crippen molar-refractivity contribution in [2.75, 3.05) is 33.2 Å². The lowest BCUT2D eigenvalue weighted by atomic mass is 10.0. The zero-order chi connectivity index (χ0) is 12.9. The van der Waals surface area contributed by atoms with Crippen LogP contribution in [0.2, 0.25) is 0 Å². The van der Waals surface area contributed by atoms with Crippen LogP contribution in [0.15, 0.2) is 0 Å². The molecule has 1 fully saturated rings. The topological polar surface area (TPSA) is 66.6 Å². The van der Waals surface area contributed by atoms with E-state index in [2.05, 4.69) is 6.92 Å². The molecule has 0 spiro atoms. The third-order valence-electron chi connectivity index (χ3n) is 3.37. The second-order valence-electron chi connectivity index (χ2n) is 4.91. The molecule has 2 N–H and O–H groups in total. The molecule has 0 saturated carbocycles. The van der Waals surface area contributed by atoms with Crippen molar-refractivity contribution in [1.29, 1.82) is 0 Å². The van der Waals surface area contributed by atoms with Gasteiger partial charge in [-0.25, -0.2) is 0 Å². The standard InChI is InChI=1S/C11H25N3O2S/c1-11-5-3-9-14(10-6-11)17(15,16)13(2)8-4-7-12/h11H,3-10,12H2,1-2H3. The van der Waals surface area contributed by atoms with Crippen LogP contribution in [0.3, 0.4) is 0 Å². The summed E-state index contributed by atoms with van der Waals surface area (Å²) in [6.07, 6.45) is 3.76. The van der Waals surface area contributed by atoms with E-state index in [1.165, 1.54) is 4.31 Å². The molecule has 0 amide bonds. The Morgan fingerprint density at radius 2 is 2.06 bits per heavy atom. The average Bonchev–Trinajstić information content (AvgIpc) is 2.51. The molecule has 0 aromatic carbocycles. The van der Waals surface area contributed by atoms with Crippen LogP contribution in [0.25, 0.3) is 0 Å². The van der Waals surface area contributed by atoms with Gasteiger partial charge >= 0.3 is 0 Å². The van der Waals surface area contributed by atoms with E-state index in [1.54, 1.807) is 11.4 Å². The number of rotatable bonds is 5. The van der Waals surface area contributed by atoms with Gasteiger partial charge in [-0.2, -0.15) is 17.0 Å². The molecule has 5 nitrogen and oxygen atoms in total. The SMILES string of the molecule is CC1CCCN(S(=O)(=O)N(C)CCCN)CC1. The summed E-state index contributed by atoms with van der Waals surface area (Å²) in [4.78, 5) is 0. The van der Waals surface area contributed by atoms with E-state index in [9.17, 15) is 8.42 Å². The molecule has 0 bridgehead atoms. The normalized spacial score (nSPS) is 23.9. The van der Waals surface area contributed by atoms with Crippen molar-refractivity contribution < 1.29 is 8.42 Å². The molecule has 1 atom stereocenters. The summed E-state index contributed by atoms with van der Waals surface area (Å²) in [7, 11) is -1.63. The lowest BCUT2D eigenvalue weighted by Crippen LogP contribution is -2.43. The molecule has 0 aromatic heterocycles. The molecule has 17 heavy (non-hydrogen) atoms. The Bertz CT molecular complexity index is 319. The molecule has 0 aliphatic carbocycles. The van der Waals surface area contributed by atoms with Crippen molar-refractivity contribution in [3.05, 3.63) is 0 Å². The van der Waals surface area contributed by atoms with E-state index in [0.29, 0.717) is 38.5 Å². The first kappa shape index (κ1) is 14.9. The summed E-state index contributed by atoms with van der Waals surface area (Å²) >= 11 is 0. The van der Waals surface area contributed by atoms with Crippen LogP contribution in [0.4, 0.5) is 0 Å². The van der Waals surface area contributed by atoms with Gasteiger partial charge in [-0.15, -0.1) is 0 Å². The lowest BCUT2D eigenvalue weighted by molar-refractivity contribution is 0.361. The lowest BCUT2D eigenvalue weighted by Gasteiger charge is -2.26. The molecular weight excluding hydrogens is 238 g/mol. The van der Waals surface area contributed by atoms with Gasteiger partial charge in [0, 0.05) is 26.7 Å². The number of nitrogens with two attached hydrogens (primary N) is 1. The van der Waals surface area contributed by atoms with Crippen molar-refractivity contribution in [1.82, 2.24) is 8.61 Å². The minimum absolute atomic E-state index is 0.505. The number of hydrogen-bond acceptors (Lipinski definition) is 3. The quantitative estimate of drug-likeness (QED) is 0.791. The Morgan fingerprint density at radius 3 is 2.71 bits per heavy atom. The fourth-order valence-electron chi connectivity index (χ4n) is 2.09. The summed E-state index contributed by atoms with van der Waals surface area (Å²) < 4.78 is 27.6. The molecule has 1 heterocycles. The first-order valence-electron chi connectivity index (χ1n) is 6.40.